The molecule has 6 heteroatoms. The Morgan fingerprint density at radius 3 is 2.65 bits per heavy atom. The molecule has 0 aliphatic heterocycles. The Hall–Kier alpha value is -1.25. The Bertz CT molecular complexity index is 548. The average molecular weight is 274 g/mol. The zero-order valence-electron chi connectivity index (χ0n) is 9.47. The van der Waals surface area contributed by atoms with E-state index in [1.54, 1.807) is 6.92 Å². The molecule has 1 unspecified atom stereocenters. The molecule has 0 N–H and O–H groups in total. The van der Waals surface area contributed by atoms with E-state index in [9.17, 15) is 8.42 Å². The van der Waals surface area contributed by atoms with Gasteiger partial charge >= 0.3 is 0 Å². The van der Waals surface area contributed by atoms with Crippen molar-refractivity contribution in [1.29, 1.82) is 5.26 Å². The van der Waals surface area contributed by atoms with Crippen molar-refractivity contribution in [2.45, 2.75) is 11.8 Å². The lowest BCUT2D eigenvalue weighted by molar-refractivity contribution is 0.414. The largest absolute Gasteiger partial charge is 0.495 e. The topological polar surface area (TPSA) is 67.2 Å². The minimum absolute atomic E-state index is 0.102. The lowest BCUT2D eigenvalue weighted by atomic mass is 10.3. The standard InChI is InChI=1S/C11H12ClNO3S/c1-8(6-13)7-17(14,15)9-3-4-11(16-2)10(12)5-9/h3-5,8H,7H2,1-2H3. The van der Waals surface area contributed by atoms with Gasteiger partial charge in [-0.25, -0.2) is 8.42 Å². The minimum atomic E-state index is -3.48. The van der Waals surface area contributed by atoms with E-state index in [-0.39, 0.29) is 15.7 Å². The first-order chi connectivity index (χ1) is 7.90. The molecule has 4 nitrogen and oxygen atoms in total. The summed E-state index contributed by atoms with van der Waals surface area (Å²) >= 11 is 5.85. The molecule has 1 atom stereocenters. The number of hydrogen-bond acceptors (Lipinski definition) is 4. The molecule has 1 aromatic carbocycles. The fourth-order valence-corrected chi connectivity index (χ4v) is 3.12. The van der Waals surface area contributed by atoms with Gasteiger partial charge in [-0.3, -0.25) is 0 Å². The third-order valence-corrected chi connectivity index (χ3v) is 4.38. The van der Waals surface area contributed by atoms with Crippen molar-refractivity contribution < 1.29 is 13.2 Å². The first kappa shape index (κ1) is 13.8. The molecule has 0 bridgehead atoms. The number of benzene rings is 1. The molecule has 0 saturated carbocycles. The lowest BCUT2D eigenvalue weighted by Crippen LogP contribution is -2.12. The van der Waals surface area contributed by atoms with E-state index in [1.165, 1.54) is 25.3 Å². The fourth-order valence-electron chi connectivity index (χ4n) is 1.30. The molecule has 17 heavy (non-hydrogen) atoms. The maximum atomic E-state index is 11.9. The van der Waals surface area contributed by atoms with Crippen LogP contribution in [0.3, 0.4) is 0 Å². The third kappa shape index (κ3) is 3.35. The van der Waals surface area contributed by atoms with Crippen LogP contribution in [0.4, 0.5) is 0 Å². The first-order valence-corrected chi connectivity index (χ1v) is 6.89. The van der Waals surface area contributed by atoms with E-state index in [2.05, 4.69) is 0 Å². The van der Waals surface area contributed by atoms with Crippen LogP contribution in [0, 0.1) is 17.2 Å². The van der Waals surface area contributed by atoms with Gasteiger partial charge in [0.05, 0.1) is 34.8 Å². The van der Waals surface area contributed by atoms with Crippen LogP contribution < -0.4 is 4.74 Å². The molecule has 0 aromatic heterocycles. The van der Waals surface area contributed by atoms with Crippen molar-refractivity contribution >= 4 is 21.4 Å². The molecular weight excluding hydrogens is 262 g/mol. The van der Waals surface area contributed by atoms with Gasteiger partial charge in [-0.1, -0.05) is 11.6 Å². The highest BCUT2D eigenvalue weighted by atomic mass is 35.5. The zero-order valence-corrected chi connectivity index (χ0v) is 11.0. The molecular formula is C11H12ClNO3S. The fraction of sp³-hybridized carbons (Fsp3) is 0.364. The summed E-state index contributed by atoms with van der Waals surface area (Å²) in [5, 5.41) is 8.86. The van der Waals surface area contributed by atoms with Crippen LogP contribution in [-0.4, -0.2) is 21.3 Å². The second-order valence-corrected chi connectivity index (χ2v) is 6.05. The van der Waals surface area contributed by atoms with Gasteiger partial charge in [0.2, 0.25) is 0 Å². The monoisotopic (exact) mass is 273 g/mol. The van der Waals surface area contributed by atoms with Crippen molar-refractivity contribution in [2.24, 2.45) is 5.92 Å². The molecule has 0 amide bonds. The van der Waals surface area contributed by atoms with Gasteiger partial charge in [0.1, 0.15) is 5.75 Å². The number of halogens is 1. The molecule has 1 aromatic rings. The first-order valence-electron chi connectivity index (χ1n) is 4.86. The maximum Gasteiger partial charge on any atom is 0.179 e. The van der Waals surface area contributed by atoms with Gasteiger partial charge < -0.3 is 4.74 Å². The third-order valence-electron chi connectivity index (χ3n) is 2.17. The Morgan fingerprint density at radius 1 is 1.53 bits per heavy atom. The predicted octanol–water partition coefficient (Wildman–Crippen LogP) is 2.28. The summed E-state index contributed by atoms with van der Waals surface area (Å²) in [5.74, 6) is -0.355. The number of rotatable bonds is 4. The Labute approximate surface area is 106 Å². The number of nitrogens with zero attached hydrogens (tertiary/aromatic N) is 1. The van der Waals surface area contributed by atoms with Crippen molar-refractivity contribution in [3.8, 4) is 11.8 Å². The summed E-state index contributed by atoms with van der Waals surface area (Å²) in [4.78, 5) is 0.102. The molecule has 0 radical (unpaired) electrons. The van der Waals surface area contributed by atoms with Crippen molar-refractivity contribution in [1.82, 2.24) is 0 Å². The Kier molecular flexibility index (Phi) is 4.38. The van der Waals surface area contributed by atoms with Crippen LogP contribution >= 0.6 is 11.6 Å². The quantitative estimate of drug-likeness (QED) is 0.844. The van der Waals surface area contributed by atoms with Gasteiger partial charge in [0.15, 0.2) is 9.84 Å². The second-order valence-electron chi connectivity index (χ2n) is 3.61. The Morgan fingerprint density at radius 2 is 2.18 bits per heavy atom. The molecule has 0 aliphatic rings. The van der Waals surface area contributed by atoms with E-state index in [0.29, 0.717) is 5.75 Å². The van der Waals surface area contributed by atoms with E-state index >= 15 is 0 Å². The van der Waals surface area contributed by atoms with Crippen LogP contribution in [0.2, 0.25) is 5.02 Å². The predicted molar refractivity (Wildman–Crippen MR) is 64.8 cm³/mol. The highest BCUT2D eigenvalue weighted by Crippen LogP contribution is 2.27. The summed E-state index contributed by atoms with van der Waals surface area (Å²) in [6, 6.07) is 6.14. The van der Waals surface area contributed by atoms with Gasteiger partial charge in [-0.05, 0) is 25.1 Å². The van der Waals surface area contributed by atoms with Gasteiger partial charge in [-0.15, -0.1) is 0 Å². The molecule has 0 spiro atoms. The molecule has 0 heterocycles. The van der Waals surface area contributed by atoms with Crippen molar-refractivity contribution in [3.63, 3.8) is 0 Å². The lowest BCUT2D eigenvalue weighted by Gasteiger charge is -2.08. The summed E-state index contributed by atoms with van der Waals surface area (Å²) in [6.45, 7) is 1.56. The van der Waals surface area contributed by atoms with Crippen LogP contribution in [0.25, 0.3) is 0 Å². The van der Waals surface area contributed by atoms with Crippen LogP contribution in [0.1, 0.15) is 6.92 Å². The normalized spacial score (nSPS) is 12.8. The molecule has 1 rings (SSSR count). The van der Waals surface area contributed by atoms with E-state index in [4.69, 9.17) is 21.6 Å². The van der Waals surface area contributed by atoms with Gasteiger partial charge in [0.25, 0.3) is 0 Å². The Balaban J connectivity index is 3.09. The second kappa shape index (κ2) is 5.39. The van der Waals surface area contributed by atoms with Gasteiger partial charge in [0, 0.05) is 0 Å². The zero-order chi connectivity index (χ0) is 13.1. The molecule has 92 valence electrons. The van der Waals surface area contributed by atoms with E-state index in [1.807, 2.05) is 6.07 Å². The maximum absolute atomic E-state index is 11.9. The van der Waals surface area contributed by atoms with Gasteiger partial charge in [-0.2, -0.15) is 5.26 Å². The van der Waals surface area contributed by atoms with Crippen molar-refractivity contribution in [2.75, 3.05) is 12.9 Å². The summed E-state index contributed by atoms with van der Waals surface area (Å²) in [7, 11) is -2.03. The smallest absolute Gasteiger partial charge is 0.179 e. The van der Waals surface area contributed by atoms with Crippen LogP contribution in [0.15, 0.2) is 23.1 Å². The number of hydrogen-bond donors (Lipinski definition) is 0. The molecule has 0 fully saturated rings. The summed E-state index contributed by atoms with van der Waals surface area (Å²) < 4.78 is 28.7. The van der Waals surface area contributed by atoms with E-state index in [0.717, 1.165) is 0 Å². The van der Waals surface area contributed by atoms with E-state index < -0.39 is 15.8 Å². The summed E-state index contributed by atoms with van der Waals surface area (Å²) in [6.07, 6.45) is 0. The van der Waals surface area contributed by atoms with Crippen LogP contribution in [-0.2, 0) is 9.84 Å². The average Bonchev–Trinajstić information content (AvgIpc) is 2.28. The summed E-state index contributed by atoms with van der Waals surface area (Å²) in [5.41, 5.74) is 0. The number of methoxy groups -OCH3 is 1. The molecule has 0 saturated heterocycles. The minimum Gasteiger partial charge on any atom is -0.495 e. The highest BCUT2D eigenvalue weighted by Gasteiger charge is 2.19. The number of sulfone groups is 1. The highest BCUT2D eigenvalue weighted by molar-refractivity contribution is 7.91. The SMILES string of the molecule is COc1ccc(S(=O)(=O)CC(C)C#N)cc1Cl. The van der Waals surface area contributed by atoms with Crippen LogP contribution in [0.5, 0.6) is 5.75 Å². The molecule has 0 aliphatic carbocycles. The number of nitriles is 1. The number of ether oxygens (including phenoxy) is 1. The van der Waals surface area contributed by atoms with Crippen molar-refractivity contribution in [3.05, 3.63) is 23.2 Å².